The molecule has 0 radical (unpaired) electrons. The summed E-state index contributed by atoms with van der Waals surface area (Å²) in [5.41, 5.74) is 0. The Bertz CT molecular complexity index is 1340. The zero-order chi connectivity index (χ0) is 50.3. The first-order chi connectivity index (χ1) is 33.5. The van der Waals surface area contributed by atoms with E-state index < -0.39 is 92.7 Å². The normalized spacial score (nSPS) is 25.8. The fourth-order valence-corrected chi connectivity index (χ4v) is 8.35. The molecule has 0 aromatic rings. The Kier molecular flexibility index (Phi) is 37.5. The van der Waals surface area contributed by atoms with Gasteiger partial charge in [-0.3, -0.25) is 9.59 Å². The maximum absolute atomic E-state index is 13.0. The minimum absolute atomic E-state index is 0.149. The molecule has 2 aliphatic heterocycles. The highest BCUT2D eigenvalue weighted by Crippen LogP contribution is 2.26. The van der Waals surface area contributed by atoms with Crippen molar-refractivity contribution in [2.75, 3.05) is 26.4 Å². The number of allylic oxidation sites excluding steroid dienone is 6. The van der Waals surface area contributed by atoms with Gasteiger partial charge < -0.3 is 64.2 Å². The van der Waals surface area contributed by atoms with E-state index in [1.165, 1.54) is 96.3 Å². The molecule has 0 aromatic carbocycles. The lowest BCUT2D eigenvalue weighted by Gasteiger charge is -2.42. The molecule has 2 fully saturated rings. The smallest absolute Gasteiger partial charge is 0.306 e. The van der Waals surface area contributed by atoms with Gasteiger partial charge in [-0.2, -0.15) is 0 Å². The predicted molar refractivity (Wildman–Crippen MR) is 266 cm³/mol. The van der Waals surface area contributed by atoms with Crippen LogP contribution in [0.3, 0.4) is 0 Å². The number of aliphatic hydroxyl groups excluding tert-OH is 7. The minimum Gasteiger partial charge on any atom is -0.462 e. The monoisotopic (exact) mass is 985 g/mol. The van der Waals surface area contributed by atoms with Crippen molar-refractivity contribution in [3.63, 3.8) is 0 Å². The highest BCUT2D eigenvalue weighted by molar-refractivity contribution is 5.70. The molecule has 2 rings (SSSR count). The third-order valence-electron chi connectivity index (χ3n) is 12.8. The van der Waals surface area contributed by atoms with Crippen LogP contribution in [-0.4, -0.2) is 142 Å². The van der Waals surface area contributed by atoms with E-state index in [-0.39, 0.29) is 26.1 Å². The first-order valence-electron chi connectivity index (χ1n) is 27.1. The van der Waals surface area contributed by atoms with Crippen molar-refractivity contribution in [2.24, 2.45) is 0 Å². The van der Waals surface area contributed by atoms with Crippen molar-refractivity contribution in [3.8, 4) is 0 Å². The molecule has 402 valence electrons. The number of hydrogen-bond donors (Lipinski definition) is 7. The van der Waals surface area contributed by atoms with Gasteiger partial charge in [0.25, 0.3) is 0 Å². The fraction of sp³-hybridized carbons (Fsp3) is 0.852. The maximum Gasteiger partial charge on any atom is 0.306 e. The Morgan fingerprint density at radius 1 is 0.464 bits per heavy atom. The van der Waals surface area contributed by atoms with Crippen LogP contribution in [-0.2, 0) is 38.0 Å². The van der Waals surface area contributed by atoms with Crippen LogP contribution in [0, 0.1) is 0 Å². The summed E-state index contributed by atoms with van der Waals surface area (Å²) in [7, 11) is 0. The molecule has 2 aliphatic rings. The van der Waals surface area contributed by atoms with Crippen molar-refractivity contribution >= 4 is 11.9 Å². The third kappa shape index (κ3) is 29.1. The molecule has 2 saturated heterocycles. The lowest BCUT2D eigenvalue weighted by molar-refractivity contribution is -0.332. The lowest BCUT2D eigenvalue weighted by Crippen LogP contribution is -2.61. The molecule has 11 unspecified atom stereocenters. The van der Waals surface area contributed by atoms with E-state index in [4.69, 9.17) is 28.4 Å². The molecule has 0 spiro atoms. The molecule has 0 aliphatic carbocycles. The zero-order valence-corrected chi connectivity index (χ0v) is 42.5. The average molecular weight is 985 g/mol. The summed E-state index contributed by atoms with van der Waals surface area (Å²) in [6, 6.07) is 0. The number of aliphatic hydroxyl groups is 7. The second kappa shape index (κ2) is 41.2. The Hall–Kier alpha value is -2.28. The van der Waals surface area contributed by atoms with Gasteiger partial charge in [0.1, 0.15) is 55.4 Å². The highest BCUT2D eigenvalue weighted by Gasteiger charge is 2.47. The molecule has 11 atom stereocenters. The van der Waals surface area contributed by atoms with Gasteiger partial charge in [0.15, 0.2) is 18.7 Å². The van der Waals surface area contributed by atoms with Crippen LogP contribution < -0.4 is 0 Å². The summed E-state index contributed by atoms with van der Waals surface area (Å²) < 4.78 is 33.6. The van der Waals surface area contributed by atoms with Gasteiger partial charge in [-0.25, -0.2) is 0 Å². The minimum atomic E-state index is -1.77. The van der Waals surface area contributed by atoms with E-state index in [1.807, 2.05) is 0 Å². The van der Waals surface area contributed by atoms with Crippen LogP contribution in [0.25, 0.3) is 0 Å². The summed E-state index contributed by atoms with van der Waals surface area (Å²) >= 11 is 0. The molecule has 7 N–H and O–H groups in total. The Morgan fingerprint density at radius 2 is 0.884 bits per heavy atom. The van der Waals surface area contributed by atoms with Crippen LogP contribution in [0.15, 0.2) is 36.5 Å². The number of hydrogen-bond acceptors (Lipinski definition) is 15. The van der Waals surface area contributed by atoms with Gasteiger partial charge in [-0.1, -0.05) is 159 Å². The first-order valence-corrected chi connectivity index (χ1v) is 27.1. The summed E-state index contributed by atoms with van der Waals surface area (Å²) in [5, 5.41) is 72.1. The predicted octanol–water partition coefficient (Wildman–Crippen LogP) is 8.10. The molecular formula is C54H96O15. The molecule has 0 saturated carbocycles. The van der Waals surface area contributed by atoms with E-state index in [9.17, 15) is 45.3 Å². The average Bonchev–Trinajstić information content (AvgIpc) is 3.34. The molecule has 0 aromatic heterocycles. The Morgan fingerprint density at radius 3 is 1.41 bits per heavy atom. The molecule has 69 heavy (non-hydrogen) atoms. The maximum atomic E-state index is 13.0. The van der Waals surface area contributed by atoms with Crippen molar-refractivity contribution in [1.82, 2.24) is 0 Å². The second-order valence-corrected chi connectivity index (χ2v) is 19.0. The van der Waals surface area contributed by atoms with Crippen LogP contribution in [0.1, 0.15) is 200 Å². The largest absolute Gasteiger partial charge is 0.462 e. The fourth-order valence-electron chi connectivity index (χ4n) is 8.35. The summed E-state index contributed by atoms with van der Waals surface area (Å²) in [6.07, 6.45) is 27.4. The van der Waals surface area contributed by atoms with Crippen molar-refractivity contribution < 1.29 is 73.8 Å². The molecule has 0 amide bonds. The van der Waals surface area contributed by atoms with Gasteiger partial charge in [-0.15, -0.1) is 0 Å². The second-order valence-electron chi connectivity index (χ2n) is 19.0. The van der Waals surface area contributed by atoms with Crippen LogP contribution in [0.4, 0.5) is 0 Å². The Balaban J connectivity index is 1.78. The van der Waals surface area contributed by atoms with Gasteiger partial charge >= 0.3 is 11.9 Å². The van der Waals surface area contributed by atoms with E-state index in [1.54, 1.807) is 0 Å². The van der Waals surface area contributed by atoms with Gasteiger partial charge in [0.05, 0.1) is 19.8 Å². The number of rotatable bonds is 42. The molecule has 2 heterocycles. The first kappa shape index (κ1) is 62.8. The summed E-state index contributed by atoms with van der Waals surface area (Å²) in [5.74, 6) is -0.940. The summed E-state index contributed by atoms with van der Waals surface area (Å²) in [4.78, 5) is 25.8. The van der Waals surface area contributed by atoms with Crippen molar-refractivity contribution in [2.45, 2.75) is 268 Å². The number of carbonyl (C=O) groups is 2. The topological polar surface area (TPSA) is 231 Å². The Labute approximate surface area is 415 Å². The van der Waals surface area contributed by atoms with Crippen LogP contribution in [0.2, 0.25) is 0 Å². The molecule has 15 nitrogen and oxygen atoms in total. The quantitative estimate of drug-likeness (QED) is 0.0174. The molecule has 15 heteroatoms. The summed E-state index contributed by atoms with van der Waals surface area (Å²) in [6.45, 7) is 2.54. The zero-order valence-electron chi connectivity index (χ0n) is 42.5. The number of unbranched alkanes of at least 4 members (excludes halogenated alkanes) is 22. The van der Waals surface area contributed by atoms with Gasteiger partial charge in [0, 0.05) is 12.8 Å². The van der Waals surface area contributed by atoms with E-state index in [2.05, 4.69) is 50.3 Å². The van der Waals surface area contributed by atoms with E-state index >= 15 is 0 Å². The SMILES string of the molecule is CCCC/C=C\C/C=C\CCCCCCCC(=O)OC(COC(=O)CCCCCCCCCCC/C=C\CCCCCCCC)COC1OC(COC2OC(CO)C(O)C(O)C2O)C(O)C(O)C1O. The molecular weight excluding hydrogens is 889 g/mol. The number of ether oxygens (including phenoxy) is 6. The van der Waals surface area contributed by atoms with Gasteiger partial charge in [0.2, 0.25) is 0 Å². The van der Waals surface area contributed by atoms with Gasteiger partial charge in [-0.05, 0) is 64.2 Å². The van der Waals surface area contributed by atoms with Crippen LogP contribution >= 0.6 is 0 Å². The highest BCUT2D eigenvalue weighted by atomic mass is 16.7. The lowest BCUT2D eigenvalue weighted by atomic mass is 9.98. The van der Waals surface area contributed by atoms with E-state index in [0.717, 1.165) is 64.2 Å². The standard InChI is InChI=1S/C54H96O15/c1-3-5-7-9-11-13-15-17-19-20-21-22-23-25-26-28-30-32-34-36-45(56)64-39-42(67-46(57)37-35-33-31-29-27-24-18-16-14-12-10-8-6-4-2)40-65-53-52(63)50(61)48(59)44(69-53)41-66-54-51(62)49(60)47(58)43(38-55)68-54/h10,12,16-19,42-44,47-55,58-63H,3-9,11,13-15,20-41H2,1-2H3/b12-10-,18-16-,19-17-. The number of carbonyl (C=O) groups excluding carboxylic acids is 2. The number of esters is 2. The third-order valence-corrected chi connectivity index (χ3v) is 12.8. The molecule has 0 bridgehead atoms. The van der Waals surface area contributed by atoms with Crippen molar-refractivity contribution in [3.05, 3.63) is 36.5 Å². The van der Waals surface area contributed by atoms with Crippen LogP contribution in [0.5, 0.6) is 0 Å². The van der Waals surface area contributed by atoms with Crippen molar-refractivity contribution in [1.29, 1.82) is 0 Å². The van der Waals surface area contributed by atoms with E-state index in [0.29, 0.717) is 12.8 Å².